The number of anilines is 1. The highest BCUT2D eigenvalue weighted by Crippen LogP contribution is 2.19. The maximum Gasteiger partial charge on any atom is 0.135 e. The molecule has 0 radical (unpaired) electrons. The number of hydrogen-bond donors (Lipinski definition) is 0. The normalized spacial score (nSPS) is 18.4. The lowest BCUT2D eigenvalue weighted by Gasteiger charge is -2.33. The van der Waals surface area contributed by atoms with Crippen molar-refractivity contribution in [2.24, 2.45) is 0 Å². The lowest BCUT2D eigenvalue weighted by molar-refractivity contribution is 0.0525. The van der Waals surface area contributed by atoms with E-state index in [1.54, 1.807) is 0 Å². The van der Waals surface area contributed by atoms with Crippen LogP contribution in [-0.2, 0) is 11.2 Å². The number of piperidine rings is 1. The van der Waals surface area contributed by atoms with Gasteiger partial charge in [0.05, 0.1) is 6.10 Å². The first-order valence-corrected chi connectivity index (χ1v) is 8.07. The van der Waals surface area contributed by atoms with Crippen LogP contribution in [0.5, 0.6) is 0 Å². The van der Waals surface area contributed by atoms with Gasteiger partial charge in [0.2, 0.25) is 0 Å². The maximum atomic E-state index is 5.78. The molecule has 0 amide bonds. The Kier molecular flexibility index (Phi) is 5.01. The molecule has 3 rings (SSSR count). The van der Waals surface area contributed by atoms with Gasteiger partial charge >= 0.3 is 0 Å². The molecule has 1 saturated heterocycles. The lowest BCUT2D eigenvalue weighted by Crippen LogP contribution is -2.40. The predicted molar refractivity (Wildman–Crippen MR) is 88.1 cm³/mol. The van der Waals surface area contributed by atoms with Crippen LogP contribution in [0.3, 0.4) is 0 Å². The minimum absolute atomic E-state index is 0.325. The fraction of sp³-hybridized carbons (Fsp3) is 0.444. The summed E-state index contributed by atoms with van der Waals surface area (Å²) in [7, 11) is 0. The number of benzene rings is 1. The molecule has 1 atom stereocenters. The van der Waals surface area contributed by atoms with E-state index < -0.39 is 0 Å². The Balaban J connectivity index is 1.70. The first-order chi connectivity index (χ1) is 10.8. The first-order valence-electron chi connectivity index (χ1n) is 8.07. The largest absolute Gasteiger partial charge is 0.377 e. The molecular formula is C18H23N3O. The summed E-state index contributed by atoms with van der Waals surface area (Å²) in [6.45, 7) is 4.81. The predicted octanol–water partition coefficient (Wildman–Crippen LogP) is 3.07. The molecule has 0 N–H and O–H groups in total. The molecule has 2 aromatic rings. The van der Waals surface area contributed by atoms with Gasteiger partial charge in [-0.2, -0.15) is 0 Å². The van der Waals surface area contributed by atoms with Gasteiger partial charge in [0, 0.05) is 32.3 Å². The number of aromatic nitrogens is 2. The van der Waals surface area contributed by atoms with Gasteiger partial charge in [-0.1, -0.05) is 30.3 Å². The van der Waals surface area contributed by atoms with Crippen LogP contribution in [0.1, 0.15) is 31.2 Å². The van der Waals surface area contributed by atoms with Gasteiger partial charge in [0.1, 0.15) is 11.6 Å². The van der Waals surface area contributed by atoms with E-state index in [0.29, 0.717) is 6.10 Å². The van der Waals surface area contributed by atoms with E-state index in [4.69, 9.17) is 9.72 Å². The average molecular weight is 297 g/mol. The van der Waals surface area contributed by atoms with Crippen molar-refractivity contribution in [1.82, 2.24) is 9.97 Å². The molecule has 1 aliphatic rings. The third kappa shape index (κ3) is 3.83. The molecule has 116 valence electrons. The van der Waals surface area contributed by atoms with Crippen molar-refractivity contribution in [2.45, 2.75) is 32.3 Å². The SMILES string of the molecule is CCOC1CCCN(c2ccnc(Cc3ccccc3)n2)C1. The quantitative estimate of drug-likeness (QED) is 0.850. The molecule has 1 aromatic heterocycles. The molecule has 0 spiro atoms. The number of nitrogens with zero attached hydrogens (tertiary/aromatic N) is 3. The third-order valence-electron chi connectivity index (χ3n) is 4.00. The average Bonchev–Trinajstić information content (AvgIpc) is 2.57. The zero-order valence-corrected chi connectivity index (χ0v) is 13.1. The van der Waals surface area contributed by atoms with Crippen molar-refractivity contribution < 1.29 is 4.74 Å². The Morgan fingerprint density at radius 3 is 2.91 bits per heavy atom. The Morgan fingerprint density at radius 2 is 2.09 bits per heavy atom. The van der Waals surface area contributed by atoms with Crippen LogP contribution in [0.4, 0.5) is 5.82 Å². The second-order valence-corrected chi connectivity index (χ2v) is 5.66. The molecule has 2 heterocycles. The van der Waals surface area contributed by atoms with E-state index in [9.17, 15) is 0 Å². The fourth-order valence-electron chi connectivity index (χ4n) is 2.95. The molecule has 1 aliphatic heterocycles. The summed E-state index contributed by atoms with van der Waals surface area (Å²) < 4.78 is 5.78. The molecule has 22 heavy (non-hydrogen) atoms. The van der Waals surface area contributed by atoms with Crippen molar-refractivity contribution in [1.29, 1.82) is 0 Å². The van der Waals surface area contributed by atoms with E-state index >= 15 is 0 Å². The topological polar surface area (TPSA) is 38.2 Å². The van der Waals surface area contributed by atoms with Crippen LogP contribution in [0.25, 0.3) is 0 Å². The standard InChI is InChI=1S/C18H23N3O/c1-2-22-16-9-6-12-21(14-16)18-10-11-19-17(20-18)13-15-7-4-3-5-8-15/h3-5,7-8,10-11,16H,2,6,9,12-14H2,1H3. The summed E-state index contributed by atoms with van der Waals surface area (Å²) in [6, 6.07) is 12.4. The lowest BCUT2D eigenvalue weighted by atomic mass is 10.1. The van der Waals surface area contributed by atoms with E-state index in [-0.39, 0.29) is 0 Å². The Morgan fingerprint density at radius 1 is 1.23 bits per heavy atom. The van der Waals surface area contributed by atoms with Gasteiger partial charge in [-0.3, -0.25) is 0 Å². The molecule has 0 bridgehead atoms. The molecule has 0 aliphatic carbocycles. The minimum Gasteiger partial charge on any atom is -0.377 e. The van der Waals surface area contributed by atoms with Gasteiger partial charge in [0.25, 0.3) is 0 Å². The second-order valence-electron chi connectivity index (χ2n) is 5.66. The highest BCUT2D eigenvalue weighted by atomic mass is 16.5. The molecule has 0 saturated carbocycles. The first kappa shape index (κ1) is 15.0. The third-order valence-corrected chi connectivity index (χ3v) is 4.00. The summed E-state index contributed by atoms with van der Waals surface area (Å²) in [5.74, 6) is 1.90. The molecule has 1 aromatic carbocycles. The minimum atomic E-state index is 0.325. The van der Waals surface area contributed by atoms with Crippen molar-refractivity contribution in [3.63, 3.8) is 0 Å². The summed E-state index contributed by atoms with van der Waals surface area (Å²) in [5, 5.41) is 0. The van der Waals surface area contributed by atoms with Crippen LogP contribution in [0, 0.1) is 0 Å². The zero-order valence-electron chi connectivity index (χ0n) is 13.1. The van der Waals surface area contributed by atoms with Crippen LogP contribution >= 0.6 is 0 Å². The summed E-state index contributed by atoms with van der Waals surface area (Å²) in [4.78, 5) is 11.5. The van der Waals surface area contributed by atoms with Gasteiger partial charge in [-0.15, -0.1) is 0 Å². The highest BCUT2D eigenvalue weighted by Gasteiger charge is 2.21. The van der Waals surface area contributed by atoms with Gasteiger partial charge in [-0.25, -0.2) is 9.97 Å². The smallest absolute Gasteiger partial charge is 0.135 e. The van der Waals surface area contributed by atoms with Crippen LogP contribution in [0.2, 0.25) is 0 Å². The Bertz CT molecular complexity index is 586. The van der Waals surface area contributed by atoms with Gasteiger partial charge in [-0.05, 0) is 31.4 Å². The van der Waals surface area contributed by atoms with Crippen molar-refractivity contribution in [2.75, 3.05) is 24.6 Å². The monoisotopic (exact) mass is 297 g/mol. The number of rotatable bonds is 5. The molecule has 1 unspecified atom stereocenters. The summed E-state index contributed by atoms with van der Waals surface area (Å²) in [6.07, 6.45) is 5.27. The van der Waals surface area contributed by atoms with E-state index in [1.807, 2.05) is 18.3 Å². The van der Waals surface area contributed by atoms with E-state index in [0.717, 1.165) is 50.6 Å². The van der Waals surface area contributed by atoms with E-state index in [2.05, 4.69) is 41.1 Å². The zero-order chi connectivity index (χ0) is 15.2. The van der Waals surface area contributed by atoms with Crippen LogP contribution < -0.4 is 4.90 Å². The van der Waals surface area contributed by atoms with Gasteiger partial charge in [0.15, 0.2) is 0 Å². The van der Waals surface area contributed by atoms with Crippen molar-refractivity contribution in [3.05, 3.63) is 54.0 Å². The summed E-state index contributed by atoms with van der Waals surface area (Å²) in [5.41, 5.74) is 1.24. The summed E-state index contributed by atoms with van der Waals surface area (Å²) >= 11 is 0. The van der Waals surface area contributed by atoms with Crippen molar-refractivity contribution in [3.8, 4) is 0 Å². The maximum absolute atomic E-state index is 5.78. The molecule has 4 heteroatoms. The van der Waals surface area contributed by atoms with Crippen molar-refractivity contribution >= 4 is 5.82 Å². The molecule has 4 nitrogen and oxygen atoms in total. The Hall–Kier alpha value is -1.94. The molecular weight excluding hydrogens is 274 g/mol. The van der Waals surface area contributed by atoms with Crippen LogP contribution in [0.15, 0.2) is 42.6 Å². The highest BCUT2D eigenvalue weighted by molar-refractivity contribution is 5.38. The van der Waals surface area contributed by atoms with Gasteiger partial charge < -0.3 is 9.64 Å². The molecule has 1 fully saturated rings. The second kappa shape index (κ2) is 7.36. The number of hydrogen-bond acceptors (Lipinski definition) is 4. The Labute approximate surface area is 132 Å². The fourth-order valence-corrected chi connectivity index (χ4v) is 2.95. The van der Waals surface area contributed by atoms with Crippen LogP contribution in [-0.4, -0.2) is 35.8 Å². The van der Waals surface area contributed by atoms with E-state index in [1.165, 1.54) is 5.56 Å². The number of ether oxygens (including phenoxy) is 1.